The van der Waals surface area contributed by atoms with Crippen LogP contribution in [0.3, 0.4) is 0 Å². The summed E-state index contributed by atoms with van der Waals surface area (Å²) in [5, 5.41) is 12.1. The van der Waals surface area contributed by atoms with Gasteiger partial charge in [-0.15, -0.1) is 21.8 Å². The van der Waals surface area contributed by atoms with E-state index < -0.39 is 0 Å². The van der Waals surface area contributed by atoms with Crippen molar-refractivity contribution in [2.75, 3.05) is 0 Å². The van der Waals surface area contributed by atoms with Gasteiger partial charge in [0.05, 0.1) is 5.88 Å². The fourth-order valence-electron chi connectivity index (χ4n) is 1.58. The molecule has 15 heavy (non-hydrogen) atoms. The van der Waals surface area contributed by atoms with Crippen molar-refractivity contribution < 1.29 is 0 Å². The smallest absolute Gasteiger partial charge is 0.148 e. The number of aromatic nitrogens is 3. The zero-order valence-electron chi connectivity index (χ0n) is 8.43. The predicted molar refractivity (Wildman–Crippen MR) is 62.3 cm³/mol. The van der Waals surface area contributed by atoms with Crippen LogP contribution in [-0.2, 0) is 12.3 Å². The van der Waals surface area contributed by atoms with Gasteiger partial charge in [0.2, 0.25) is 0 Å². The number of thiophene rings is 1. The van der Waals surface area contributed by atoms with E-state index in [0.29, 0.717) is 11.9 Å². The molecular weight excluding hydrogens is 230 g/mol. The Balaban J connectivity index is 2.11. The number of hydrogen-bond acceptors (Lipinski definition) is 3. The fourth-order valence-corrected chi connectivity index (χ4v) is 2.45. The molecule has 0 spiro atoms. The molecular formula is C10H12ClN3S. The first-order valence-corrected chi connectivity index (χ1v) is 6.24. The Kier molecular flexibility index (Phi) is 3.38. The van der Waals surface area contributed by atoms with Crippen LogP contribution in [0.25, 0.3) is 0 Å². The third kappa shape index (κ3) is 2.38. The maximum absolute atomic E-state index is 5.78. The molecule has 0 aromatic carbocycles. The first-order valence-electron chi connectivity index (χ1n) is 4.76. The highest BCUT2D eigenvalue weighted by Gasteiger charge is 2.10. The number of rotatable bonds is 4. The van der Waals surface area contributed by atoms with Crippen molar-refractivity contribution in [1.29, 1.82) is 0 Å². The normalized spacial score (nSPS) is 12.9. The Morgan fingerprint density at radius 2 is 2.47 bits per heavy atom. The highest BCUT2D eigenvalue weighted by atomic mass is 35.5. The van der Waals surface area contributed by atoms with Crippen molar-refractivity contribution >= 4 is 22.9 Å². The summed E-state index contributed by atoms with van der Waals surface area (Å²) < 4.78 is 2.03. The van der Waals surface area contributed by atoms with Crippen LogP contribution < -0.4 is 0 Å². The summed E-state index contributed by atoms with van der Waals surface area (Å²) in [6, 6.07) is 2.50. The molecule has 2 rings (SSSR count). The van der Waals surface area contributed by atoms with Crippen molar-refractivity contribution in [3.8, 4) is 0 Å². The van der Waals surface area contributed by atoms with Gasteiger partial charge in [0, 0.05) is 6.04 Å². The van der Waals surface area contributed by atoms with E-state index in [-0.39, 0.29) is 0 Å². The molecule has 0 fully saturated rings. The molecule has 0 aliphatic heterocycles. The zero-order valence-corrected chi connectivity index (χ0v) is 10.0. The number of nitrogens with zero attached hydrogens (tertiary/aromatic N) is 3. The lowest BCUT2D eigenvalue weighted by Gasteiger charge is -2.13. The lowest BCUT2D eigenvalue weighted by Crippen LogP contribution is -2.09. The lowest BCUT2D eigenvalue weighted by molar-refractivity contribution is 0.528. The highest BCUT2D eigenvalue weighted by Crippen LogP contribution is 2.17. The minimum atomic E-state index is 0.350. The number of halogens is 1. The van der Waals surface area contributed by atoms with Gasteiger partial charge in [-0.2, -0.15) is 11.3 Å². The molecule has 0 amide bonds. The summed E-state index contributed by atoms with van der Waals surface area (Å²) in [5.41, 5.74) is 1.35. The summed E-state index contributed by atoms with van der Waals surface area (Å²) in [5.74, 6) is 1.24. The van der Waals surface area contributed by atoms with Gasteiger partial charge in [-0.05, 0) is 35.7 Å². The van der Waals surface area contributed by atoms with Crippen LogP contribution in [0.5, 0.6) is 0 Å². The van der Waals surface area contributed by atoms with E-state index in [1.807, 2.05) is 4.57 Å². The van der Waals surface area contributed by atoms with Gasteiger partial charge < -0.3 is 4.57 Å². The van der Waals surface area contributed by atoms with E-state index in [1.54, 1.807) is 17.7 Å². The van der Waals surface area contributed by atoms with Crippen LogP contribution in [0.1, 0.15) is 24.4 Å². The molecule has 0 radical (unpaired) electrons. The van der Waals surface area contributed by atoms with Crippen molar-refractivity contribution in [3.63, 3.8) is 0 Å². The quantitative estimate of drug-likeness (QED) is 0.771. The van der Waals surface area contributed by atoms with Crippen LogP contribution in [0, 0.1) is 0 Å². The Morgan fingerprint density at radius 1 is 1.60 bits per heavy atom. The Hall–Kier alpha value is -0.870. The molecule has 0 aliphatic carbocycles. The zero-order chi connectivity index (χ0) is 10.7. The van der Waals surface area contributed by atoms with Crippen molar-refractivity contribution in [2.24, 2.45) is 0 Å². The molecule has 0 saturated carbocycles. The second-order valence-corrected chi connectivity index (χ2v) is 4.52. The summed E-state index contributed by atoms with van der Waals surface area (Å²) in [7, 11) is 0. The molecule has 0 N–H and O–H groups in total. The molecule has 2 aromatic rings. The molecule has 1 unspecified atom stereocenters. The molecule has 3 nitrogen and oxygen atoms in total. The minimum Gasteiger partial charge on any atom is -0.313 e. The average molecular weight is 242 g/mol. The van der Waals surface area contributed by atoms with E-state index in [4.69, 9.17) is 11.6 Å². The molecule has 2 heterocycles. The molecule has 2 aromatic heterocycles. The maximum Gasteiger partial charge on any atom is 0.148 e. The van der Waals surface area contributed by atoms with Crippen molar-refractivity contribution in [2.45, 2.75) is 25.3 Å². The Morgan fingerprint density at radius 3 is 3.13 bits per heavy atom. The lowest BCUT2D eigenvalue weighted by atomic mass is 10.1. The van der Waals surface area contributed by atoms with Crippen LogP contribution in [0.4, 0.5) is 0 Å². The third-order valence-electron chi connectivity index (χ3n) is 2.35. The largest absolute Gasteiger partial charge is 0.313 e. The molecule has 1 atom stereocenters. The SMILES string of the molecule is CC(Cc1ccsc1)n1cnnc1CCl. The molecule has 0 bridgehead atoms. The summed E-state index contributed by atoms with van der Waals surface area (Å²) in [6.45, 7) is 2.15. The standard InChI is InChI=1S/C10H12ClN3S/c1-8(4-9-2-3-15-6-9)14-7-12-13-10(14)5-11/h2-3,6-8H,4-5H2,1H3. The van der Waals surface area contributed by atoms with E-state index in [2.05, 4.69) is 33.9 Å². The van der Waals surface area contributed by atoms with E-state index in [1.165, 1.54) is 5.56 Å². The second-order valence-electron chi connectivity index (χ2n) is 3.47. The fraction of sp³-hybridized carbons (Fsp3) is 0.400. The van der Waals surface area contributed by atoms with E-state index >= 15 is 0 Å². The molecule has 80 valence electrons. The van der Waals surface area contributed by atoms with Gasteiger partial charge in [0.15, 0.2) is 0 Å². The van der Waals surface area contributed by atoms with Crippen LogP contribution in [-0.4, -0.2) is 14.8 Å². The Bertz CT molecular complexity index is 410. The predicted octanol–water partition coefficient (Wildman–Crippen LogP) is 2.88. The Labute approximate surface area is 97.7 Å². The van der Waals surface area contributed by atoms with Crippen molar-refractivity contribution in [1.82, 2.24) is 14.8 Å². The number of alkyl halides is 1. The topological polar surface area (TPSA) is 30.7 Å². The van der Waals surface area contributed by atoms with E-state index in [0.717, 1.165) is 12.2 Å². The first kappa shape index (κ1) is 10.6. The second kappa shape index (κ2) is 4.77. The molecule has 5 heteroatoms. The van der Waals surface area contributed by atoms with Crippen LogP contribution in [0.15, 0.2) is 23.2 Å². The summed E-state index contributed by atoms with van der Waals surface area (Å²) in [4.78, 5) is 0. The summed E-state index contributed by atoms with van der Waals surface area (Å²) in [6.07, 6.45) is 2.74. The van der Waals surface area contributed by atoms with Gasteiger partial charge in [-0.25, -0.2) is 0 Å². The summed E-state index contributed by atoms with van der Waals surface area (Å²) >= 11 is 7.50. The average Bonchev–Trinajstić information content (AvgIpc) is 2.86. The monoisotopic (exact) mass is 241 g/mol. The van der Waals surface area contributed by atoms with Gasteiger partial charge in [-0.3, -0.25) is 0 Å². The maximum atomic E-state index is 5.78. The van der Waals surface area contributed by atoms with Gasteiger partial charge >= 0.3 is 0 Å². The van der Waals surface area contributed by atoms with E-state index in [9.17, 15) is 0 Å². The molecule has 0 aliphatic rings. The first-order chi connectivity index (χ1) is 7.31. The van der Waals surface area contributed by atoms with Crippen LogP contribution in [0.2, 0.25) is 0 Å². The van der Waals surface area contributed by atoms with Gasteiger partial charge in [-0.1, -0.05) is 0 Å². The molecule has 0 saturated heterocycles. The van der Waals surface area contributed by atoms with Crippen LogP contribution >= 0.6 is 22.9 Å². The van der Waals surface area contributed by atoms with Gasteiger partial charge in [0.1, 0.15) is 12.2 Å². The third-order valence-corrected chi connectivity index (χ3v) is 3.32. The van der Waals surface area contributed by atoms with Gasteiger partial charge in [0.25, 0.3) is 0 Å². The number of hydrogen-bond donors (Lipinski definition) is 0. The van der Waals surface area contributed by atoms with Crippen molar-refractivity contribution in [3.05, 3.63) is 34.5 Å². The minimum absolute atomic E-state index is 0.350. The highest BCUT2D eigenvalue weighted by molar-refractivity contribution is 7.07.